The Morgan fingerprint density at radius 1 is 1.09 bits per heavy atom. The zero-order valence-corrected chi connectivity index (χ0v) is 21.2. The smallest absolute Gasteiger partial charge is 0.269 e. The van der Waals surface area contributed by atoms with Gasteiger partial charge in [-0.05, 0) is 36.1 Å². The van der Waals surface area contributed by atoms with E-state index >= 15 is 0 Å². The largest absolute Gasteiger partial charge is 0.360 e. The molecule has 4 rings (SSSR count). The summed E-state index contributed by atoms with van der Waals surface area (Å²) in [5.74, 6) is -0.288. The maximum absolute atomic E-state index is 13.4. The molecule has 0 aliphatic rings. The van der Waals surface area contributed by atoms with Gasteiger partial charge in [0.05, 0.1) is 11.1 Å². The minimum atomic E-state index is -0.594. The van der Waals surface area contributed by atoms with Crippen LogP contribution < -0.4 is 14.8 Å². The molecule has 0 spiro atoms. The minimum Gasteiger partial charge on any atom is -0.360 e. The van der Waals surface area contributed by atoms with Gasteiger partial charge in [0, 0.05) is 39.0 Å². The van der Waals surface area contributed by atoms with Crippen molar-refractivity contribution in [2.45, 2.75) is 32.2 Å². The molecule has 0 fully saturated rings. The van der Waals surface area contributed by atoms with E-state index in [9.17, 15) is 14.4 Å². The molecular formula is C27H26N2O3S2. The number of H-pyrrole nitrogens is 1. The van der Waals surface area contributed by atoms with Crippen molar-refractivity contribution in [1.82, 2.24) is 9.55 Å². The van der Waals surface area contributed by atoms with Crippen molar-refractivity contribution in [2.24, 2.45) is 5.41 Å². The lowest BCUT2D eigenvalue weighted by Gasteiger charge is -2.12. The summed E-state index contributed by atoms with van der Waals surface area (Å²) in [4.78, 5) is 43.6. The van der Waals surface area contributed by atoms with Gasteiger partial charge in [-0.3, -0.25) is 19.0 Å². The molecule has 34 heavy (non-hydrogen) atoms. The van der Waals surface area contributed by atoms with Crippen molar-refractivity contribution in [1.29, 1.82) is 0 Å². The molecule has 0 aliphatic carbocycles. The molecular weight excluding hydrogens is 464 g/mol. The molecule has 0 atom stereocenters. The summed E-state index contributed by atoms with van der Waals surface area (Å²) in [5.41, 5.74) is 1.41. The fraction of sp³-hybridized carbons (Fsp3) is 0.222. The Hall–Kier alpha value is -3.16. The first-order valence-corrected chi connectivity index (χ1v) is 12.9. The molecule has 5 nitrogen and oxygen atoms in total. The number of carbonyl (C=O) groups is 2. The van der Waals surface area contributed by atoms with Crippen LogP contribution in [0.25, 0.3) is 23.1 Å². The molecule has 2 aromatic heterocycles. The number of Topliss-reactive ketones (excluding diaryl/α,β-unsaturated/α-hetero) is 2. The fourth-order valence-corrected chi connectivity index (χ4v) is 4.95. The van der Waals surface area contributed by atoms with Crippen molar-refractivity contribution in [3.05, 3.63) is 85.4 Å². The number of nitrogens with zero attached hydrogens (tertiary/aromatic N) is 1. The third-order valence-electron chi connectivity index (χ3n) is 5.54. The third-order valence-corrected chi connectivity index (χ3v) is 7.34. The Kier molecular flexibility index (Phi) is 6.77. The number of hydrogen-bond acceptors (Lipinski definition) is 5. The molecule has 0 aliphatic heterocycles. The van der Waals surface area contributed by atoms with Crippen LogP contribution in [-0.2, 0) is 11.3 Å². The number of benzene rings is 2. The summed E-state index contributed by atoms with van der Waals surface area (Å²) in [5, 5.41) is 0.813. The number of fused-ring (bicyclic) bond motifs is 1. The van der Waals surface area contributed by atoms with Crippen LogP contribution in [-0.4, -0.2) is 27.4 Å². The van der Waals surface area contributed by atoms with E-state index in [1.807, 2.05) is 81.6 Å². The van der Waals surface area contributed by atoms with Crippen LogP contribution in [0.15, 0.2) is 64.4 Å². The summed E-state index contributed by atoms with van der Waals surface area (Å²) in [6.07, 6.45) is 6.98. The number of hydrogen-bond donors (Lipinski definition) is 1. The molecule has 0 amide bonds. The molecule has 0 saturated carbocycles. The molecule has 7 heteroatoms. The summed E-state index contributed by atoms with van der Waals surface area (Å²) in [6, 6.07) is 15.5. The summed E-state index contributed by atoms with van der Waals surface area (Å²) in [6.45, 7) is 5.36. The monoisotopic (exact) mass is 490 g/mol. The molecule has 0 saturated heterocycles. The van der Waals surface area contributed by atoms with E-state index in [1.165, 1.54) is 22.0 Å². The lowest BCUT2D eigenvalue weighted by Crippen LogP contribution is -2.34. The number of nitrogens with one attached hydrogen (secondary N) is 1. The molecule has 174 valence electrons. The van der Waals surface area contributed by atoms with E-state index in [0.717, 1.165) is 21.4 Å². The van der Waals surface area contributed by atoms with Crippen molar-refractivity contribution < 1.29 is 9.59 Å². The first kappa shape index (κ1) is 24.0. The third kappa shape index (κ3) is 5.00. The SMILES string of the molecule is CSc1ccc(/C=c2\s/c(=C\C(=O)C(C)(C)C)n(CC(=O)c3c[nH]c4ccccc34)c2=O)cc1. The number of ketones is 2. The zero-order valence-electron chi connectivity index (χ0n) is 19.5. The Morgan fingerprint density at radius 2 is 1.79 bits per heavy atom. The zero-order chi connectivity index (χ0) is 24.5. The average molecular weight is 491 g/mol. The fourth-order valence-electron chi connectivity index (χ4n) is 3.50. The van der Waals surface area contributed by atoms with Gasteiger partial charge in [-0.1, -0.05) is 51.1 Å². The predicted octanol–water partition coefficient (Wildman–Crippen LogP) is 4.22. The maximum atomic E-state index is 13.4. The van der Waals surface area contributed by atoms with Crippen LogP contribution >= 0.6 is 23.1 Å². The van der Waals surface area contributed by atoms with Crippen LogP contribution in [0.2, 0.25) is 0 Å². The second-order valence-electron chi connectivity index (χ2n) is 9.04. The lowest BCUT2D eigenvalue weighted by atomic mass is 9.91. The van der Waals surface area contributed by atoms with Gasteiger partial charge in [0.15, 0.2) is 11.6 Å². The van der Waals surface area contributed by atoms with Crippen LogP contribution in [0.1, 0.15) is 36.7 Å². The summed E-state index contributed by atoms with van der Waals surface area (Å²) < 4.78 is 2.38. The number of aromatic amines is 1. The predicted molar refractivity (Wildman–Crippen MR) is 141 cm³/mol. The quantitative estimate of drug-likeness (QED) is 0.325. The molecule has 1 N–H and O–H groups in total. The van der Waals surface area contributed by atoms with Gasteiger partial charge in [-0.2, -0.15) is 0 Å². The van der Waals surface area contributed by atoms with E-state index < -0.39 is 5.41 Å². The lowest BCUT2D eigenvalue weighted by molar-refractivity contribution is -0.120. The van der Waals surface area contributed by atoms with Gasteiger partial charge in [-0.15, -0.1) is 23.1 Å². The van der Waals surface area contributed by atoms with Crippen molar-refractivity contribution >= 4 is 57.7 Å². The second kappa shape index (κ2) is 9.60. The van der Waals surface area contributed by atoms with Crippen LogP contribution in [0, 0.1) is 5.41 Å². The normalized spacial score (nSPS) is 13.1. The van der Waals surface area contributed by atoms with Crippen LogP contribution in [0.3, 0.4) is 0 Å². The molecule has 2 heterocycles. The topological polar surface area (TPSA) is 71.9 Å². The number of thiazole rings is 1. The van der Waals surface area contributed by atoms with E-state index in [1.54, 1.807) is 18.0 Å². The van der Waals surface area contributed by atoms with E-state index in [0.29, 0.717) is 14.8 Å². The van der Waals surface area contributed by atoms with Gasteiger partial charge in [0.25, 0.3) is 5.56 Å². The number of carbonyl (C=O) groups excluding carboxylic acids is 2. The second-order valence-corrected chi connectivity index (χ2v) is 11.0. The molecule has 0 radical (unpaired) electrons. The molecule has 2 aromatic carbocycles. The van der Waals surface area contributed by atoms with Crippen LogP contribution in [0.4, 0.5) is 0 Å². The maximum Gasteiger partial charge on any atom is 0.269 e. The van der Waals surface area contributed by atoms with Crippen molar-refractivity contribution in [3.8, 4) is 0 Å². The molecule has 0 bridgehead atoms. The number of rotatable bonds is 6. The van der Waals surface area contributed by atoms with Crippen LogP contribution in [0.5, 0.6) is 0 Å². The summed E-state index contributed by atoms with van der Waals surface area (Å²) >= 11 is 2.88. The number of thioether (sulfide) groups is 1. The van der Waals surface area contributed by atoms with E-state index in [-0.39, 0.29) is 23.7 Å². The van der Waals surface area contributed by atoms with E-state index in [4.69, 9.17) is 0 Å². The Balaban J connectivity index is 1.82. The standard InChI is InChI=1S/C27H26N2O3S2/c1-27(2,3)24(31)14-25-29(16-22(30)20-15-28-21-8-6-5-7-19(20)21)26(32)23(34-25)13-17-9-11-18(33-4)12-10-17/h5-15,28H,16H2,1-4H3/b23-13-,25-14-. The van der Waals surface area contributed by atoms with Gasteiger partial charge >= 0.3 is 0 Å². The Bertz CT molecular complexity index is 1550. The first-order valence-electron chi connectivity index (χ1n) is 10.9. The van der Waals surface area contributed by atoms with Crippen molar-refractivity contribution in [2.75, 3.05) is 6.26 Å². The highest BCUT2D eigenvalue weighted by Gasteiger charge is 2.20. The highest BCUT2D eigenvalue weighted by molar-refractivity contribution is 7.98. The van der Waals surface area contributed by atoms with Crippen molar-refractivity contribution in [3.63, 3.8) is 0 Å². The average Bonchev–Trinajstić information content (AvgIpc) is 3.36. The molecule has 0 unspecified atom stereocenters. The Morgan fingerprint density at radius 3 is 2.47 bits per heavy atom. The molecule has 4 aromatic rings. The van der Waals surface area contributed by atoms with E-state index in [2.05, 4.69) is 4.98 Å². The Labute approximate surface area is 205 Å². The highest BCUT2D eigenvalue weighted by atomic mass is 32.2. The minimum absolute atomic E-state index is 0.0992. The highest BCUT2D eigenvalue weighted by Crippen LogP contribution is 2.19. The van der Waals surface area contributed by atoms with Gasteiger partial charge < -0.3 is 4.98 Å². The first-order chi connectivity index (χ1) is 16.2. The summed E-state index contributed by atoms with van der Waals surface area (Å²) in [7, 11) is 0. The van der Waals surface area contributed by atoms with Gasteiger partial charge in [-0.25, -0.2) is 0 Å². The van der Waals surface area contributed by atoms with Gasteiger partial charge in [0.1, 0.15) is 4.66 Å². The van der Waals surface area contributed by atoms with Gasteiger partial charge in [0.2, 0.25) is 0 Å². The number of para-hydroxylation sites is 1. The number of aromatic nitrogens is 2.